The molecule has 0 aromatic heterocycles. The zero-order valence-corrected chi connectivity index (χ0v) is 13.3. The van der Waals surface area contributed by atoms with Crippen LogP contribution < -0.4 is 19.5 Å². The summed E-state index contributed by atoms with van der Waals surface area (Å²) in [6.07, 6.45) is 0. The fourth-order valence-corrected chi connectivity index (χ4v) is 3.00. The number of anilines is 1. The highest BCUT2D eigenvalue weighted by Crippen LogP contribution is 2.45. The van der Waals surface area contributed by atoms with E-state index in [-0.39, 0.29) is 12.0 Å². The Morgan fingerprint density at radius 3 is 2.17 bits per heavy atom. The van der Waals surface area contributed by atoms with Crippen LogP contribution in [0, 0.1) is 11.3 Å². The molecular formula is C18H18N2O3. The molecule has 0 fully saturated rings. The minimum atomic E-state index is -0.338. The Labute approximate surface area is 135 Å². The highest BCUT2D eigenvalue weighted by atomic mass is 16.5. The third-order valence-electron chi connectivity index (χ3n) is 4.15. The van der Waals surface area contributed by atoms with Crippen molar-refractivity contribution >= 4 is 5.69 Å². The van der Waals surface area contributed by atoms with Crippen molar-refractivity contribution in [3.8, 4) is 23.3 Å². The summed E-state index contributed by atoms with van der Waals surface area (Å²) in [6, 6.07) is 13.6. The molecule has 5 heteroatoms. The number of hydrogen-bond acceptors (Lipinski definition) is 5. The molecule has 0 bridgehead atoms. The molecule has 2 atom stereocenters. The fourth-order valence-electron chi connectivity index (χ4n) is 3.00. The standard InChI is InChI=1S/C18H18N2O3/c1-21-12-6-4-11(5-7-12)18-13-8-16(22-2)17(23-3)9-14(13)20-15(18)10-19/h4-9,15,18,20H,1-3H3. The number of benzene rings is 2. The van der Waals surface area contributed by atoms with Crippen LogP contribution in [0.3, 0.4) is 0 Å². The van der Waals surface area contributed by atoms with Gasteiger partial charge in [-0.3, -0.25) is 0 Å². The van der Waals surface area contributed by atoms with E-state index in [0.29, 0.717) is 11.5 Å². The van der Waals surface area contributed by atoms with E-state index >= 15 is 0 Å². The van der Waals surface area contributed by atoms with E-state index < -0.39 is 0 Å². The van der Waals surface area contributed by atoms with Gasteiger partial charge in [-0.2, -0.15) is 5.26 Å². The topological polar surface area (TPSA) is 63.5 Å². The summed E-state index contributed by atoms with van der Waals surface area (Å²) in [6.45, 7) is 0. The molecule has 2 aromatic carbocycles. The minimum absolute atomic E-state index is 0.0688. The van der Waals surface area contributed by atoms with Gasteiger partial charge in [-0.05, 0) is 29.3 Å². The molecular weight excluding hydrogens is 292 g/mol. The van der Waals surface area contributed by atoms with Crippen molar-refractivity contribution in [1.82, 2.24) is 0 Å². The summed E-state index contributed by atoms with van der Waals surface area (Å²) in [5.41, 5.74) is 2.98. The molecule has 0 saturated heterocycles. The molecule has 0 amide bonds. The van der Waals surface area contributed by atoms with Gasteiger partial charge in [0.2, 0.25) is 0 Å². The highest BCUT2D eigenvalue weighted by molar-refractivity contribution is 5.69. The van der Waals surface area contributed by atoms with E-state index in [0.717, 1.165) is 22.6 Å². The first-order valence-corrected chi connectivity index (χ1v) is 7.27. The largest absolute Gasteiger partial charge is 0.497 e. The molecule has 0 aliphatic carbocycles. The molecule has 1 aliphatic rings. The Morgan fingerprint density at radius 2 is 1.61 bits per heavy atom. The predicted octanol–water partition coefficient (Wildman–Crippen LogP) is 3.16. The van der Waals surface area contributed by atoms with Crippen molar-refractivity contribution in [2.45, 2.75) is 12.0 Å². The first-order chi connectivity index (χ1) is 11.2. The lowest BCUT2D eigenvalue weighted by Crippen LogP contribution is -2.18. The Hall–Kier alpha value is -2.87. The van der Waals surface area contributed by atoms with E-state index in [1.807, 2.05) is 36.4 Å². The van der Waals surface area contributed by atoms with Gasteiger partial charge in [0.05, 0.1) is 27.4 Å². The van der Waals surface area contributed by atoms with Crippen molar-refractivity contribution in [2.24, 2.45) is 0 Å². The number of fused-ring (bicyclic) bond motifs is 1. The second kappa shape index (κ2) is 6.09. The number of hydrogen-bond donors (Lipinski definition) is 1. The van der Waals surface area contributed by atoms with Crippen LogP contribution in [-0.4, -0.2) is 27.4 Å². The van der Waals surface area contributed by atoms with Gasteiger partial charge in [-0.1, -0.05) is 12.1 Å². The summed E-state index contributed by atoms with van der Waals surface area (Å²) in [7, 11) is 4.84. The summed E-state index contributed by atoms with van der Waals surface area (Å²) in [4.78, 5) is 0. The normalized spacial score (nSPS) is 18.5. The maximum Gasteiger partial charge on any atom is 0.162 e. The molecule has 2 unspecified atom stereocenters. The monoisotopic (exact) mass is 310 g/mol. The summed E-state index contributed by atoms with van der Waals surface area (Å²) in [5, 5.41) is 12.8. The number of nitrogens with zero attached hydrogens (tertiary/aromatic N) is 1. The number of nitriles is 1. The number of rotatable bonds is 4. The lowest BCUT2D eigenvalue weighted by molar-refractivity contribution is 0.355. The average Bonchev–Trinajstić information content (AvgIpc) is 2.97. The molecule has 0 saturated carbocycles. The highest BCUT2D eigenvalue weighted by Gasteiger charge is 2.34. The Kier molecular flexibility index (Phi) is 3.98. The third kappa shape index (κ3) is 2.53. The van der Waals surface area contributed by atoms with Crippen molar-refractivity contribution < 1.29 is 14.2 Å². The quantitative estimate of drug-likeness (QED) is 0.940. The Morgan fingerprint density at radius 1 is 0.957 bits per heavy atom. The minimum Gasteiger partial charge on any atom is -0.497 e. The van der Waals surface area contributed by atoms with Crippen LogP contribution in [0.15, 0.2) is 36.4 Å². The van der Waals surface area contributed by atoms with Crippen LogP contribution in [0.1, 0.15) is 17.0 Å². The molecule has 1 heterocycles. The zero-order chi connectivity index (χ0) is 16.4. The number of ether oxygens (including phenoxy) is 3. The van der Waals surface area contributed by atoms with Crippen LogP contribution in [0.25, 0.3) is 0 Å². The molecule has 2 aromatic rings. The molecule has 1 N–H and O–H groups in total. The fraction of sp³-hybridized carbons (Fsp3) is 0.278. The predicted molar refractivity (Wildman–Crippen MR) is 87.4 cm³/mol. The van der Waals surface area contributed by atoms with Crippen molar-refractivity contribution in [3.05, 3.63) is 47.5 Å². The van der Waals surface area contributed by atoms with Gasteiger partial charge in [0.15, 0.2) is 11.5 Å². The van der Waals surface area contributed by atoms with Crippen molar-refractivity contribution in [1.29, 1.82) is 5.26 Å². The van der Waals surface area contributed by atoms with E-state index in [1.54, 1.807) is 21.3 Å². The molecule has 118 valence electrons. The van der Waals surface area contributed by atoms with Gasteiger partial charge in [-0.25, -0.2) is 0 Å². The molecule has 5 nitrogen and oxygen atoms in total. The third-order valence-corrected chi connectivity index (χ3v) is 4.15. The van der Waals surface area contributed by atoms with Gasteiger partial charge in [-0.15, -0.1) is 0 Å². The van der Waals surface area contributed by atoms with Crippen LogP contribution in [-0.2, 0) is 0 Å². The molecule has 0 spiro atoms. The molecule has 1 aliphatic heterocycles. The van der Waals surface area contributed by atoms with E-state index in [9.17, 15) is 5.26 Å². The van der Waals surface area contributed by atoms with Crippen molar-refractivity contribution in [3.63, 3.8) is 0 Å². The van der Waals surface area contributed by atoms with Crippen molar-refractivity contribution in [2.75, 3.05) is 26.6 Å². The Balaban J connectivity index is 2.08. The lowest BCUT2D eigenvalue weighted by Gasteiger charge is -2.16. The second-order valence-electron chi connectivity index (χ2n) is 5.30. The molecule has 23 heavy (non-hydrogen) atoms. The first-order valence-electron chi connectivity index (χ1n) is 7.27. The van der Waals surface area contributed by atoms with Crippen LogP contribution in [0.4, 0.5) is 5.69 Å². The summed E-state index contributed by atoms with van der Waals surface area (Å²) in [5.74, 6) is 2.03. The SMILES string of the molecule is COc1ccc(C2c3cc(OC)c(OC)cc3NC2C#N)cc1. The first kappa shape index (κ1) is 15.0. The second-order valence-corrected chi connectivity index (χ2v) is 5.30. The summed E-state index contributed by atoms with van der Waals surface area (Å²) >= 11 is 0. The van der Waals surface area contributed by atoms with Crippen LogP contribution >= 0.6 is 0 Å². The van der Waals surface area contributed by atoms with Gasteiger partial charge in [0.1, 0.15) is 11.8 Å². The smallest absolute Gasteiger partial charge is 0.162 e. The maximum absolute atomic E-state index is 9.52. The lowest BCUT2D eigenvalue weighted by atomic mass is 9.88. The summed E-state index contributed by atoms with van der Waals surface area (Å²) < 4.78 is 15.9. The van der Waals surface area contributed by atoms with E-state index in [2.05, 4.69) is 11.4 Å². The van der Waals surface area contributed by atoms with E-state index in [4.69, 9.17) is 14.2 Å². The zero-order valence-electron chi connectivity index (χ0n) is 13.3. The number of nitrogens with one attached hydrogen (secondary N) is 1. The van der Waals surface area contributed by atoms with Gasteiger partial charge in [0.25, 0.3) is 0 Å². The van der Waals surface area contributed by atoms with Gasteiger partial charge >= 0.3 is 0 Å². The molecule has 0 radical (unpaired) electrons. The average molecular weight is 310 g/mol. The van der Waals surface area contributed by atoms with Gasteiger partial charge < -0.3 is 19.5 Å². The van der Waals surface area contributed by atoms with Crippen LogP contribution in [0.2, 0.25) is 0 Å². The van der Waals surface area contributed by atoms with Crippen LogP contribution in [0.5, 0.6) is 17.2 Å². The van der Waals surface area contributed by atoms with Gasteiger partial charge in [0, 0.05) is 17.7 Å². The van der Waals surface area contributed by atoms with E-state index in [1.165, 1.54) is 0 Å². The molecule has 3 rings (SSSR count). The maximum atomic E-state index is 9.52. The Bertz CT molecular complexity index is 750. The number of methoxy groups -OCH3 is 3.